The molecular weight excluding hydrogens is 254 g/mol. The molecular formula is C12H14ClN3O2. The molecule has 6 heteroatoms. The molecule has 1 aromatic rings. The fraction of sp³-hybridized carbons (Fsp3) is 0.333. The van der Waals surface area contributed by atoms with Gasteiger partial charge in [0, 0.05) is 13.1 Å². The van der Waals surface area contributed by atoms with Crippen molar-refractivity contribution in [1.29, 1.82) is 0 Å². The van der Waals surface area contributed by atoms with Crippen molar-refractivity contribution in [3.63, 3.8) is 0 Å². The maximum absolute atomic E-state index is 12.2. The Morgan fingerprint density at radius 1 is 1.39 bits per heavy atom. The molecule has 1 fully saturated rings. The van der Waals surface area contributed by atoms with Crippen LogP contribution in [0.5, 0.6) is 0 Å². The zero-order chi connectivity index (χ0) is 13.3. The summed E-state index contributed by atoms with van der Waals surface area (Å²) in [6.45, 7) is 0.860. The Hall–Kier alpha value is -1.75. The monoisotopic (exact) mass is 267 g/mol. The Morgan fingerprint density at radius 3 is 2.72 bits per heavy atom. The van der Waals surface area contributed by atoms with Gasteiger partial charge < -0.3 is 16.4 Å². The molecule has 0 bridgehead atoms. The minimum absolute atomic E-state index is 0.209. The van der Waals surface area contributed by atoms with E-state index in [0.29, 0.717) is 30.1 Å². The Morgan fingerprint density at radius 2 is 2.11 bits per heavy atom. The van der Waals surface area contributed by atoms with E-state index in [4.69, 9.17) is 23.1 Å². The number of nitrogen functional groups attached to an aromatic ring is 1. The third-order valence-electron chi connectivity index (χ3n) is 3.16. The fourth-order valence-electron chi connectivity index (χ4n) is 2.07. The highest BCUT2D eigenvalue weighted by Crippen LogP contribution is 2.25. The zero-order valence-electron chi connectivity index (χ0n) is 9.73. The van der Waals surface area contributed by atoms with E-state index in [0.717, 1.165) is 0 Å². The molecule has 1 aliphatic rings. The first-order chi connectivity index (χ1) is 8.50. The molecule has 96 valence electrons. The van der Waals surface area contributed by atoms with Gasteiger partial charge in [-0.05, 0) is 18.6 Å². The van der Waals surface area contributed by atoms with Gasteiger partial charge in [-0.2, -0.15) is 0 Å². The zero-order valence-corrected chi connectivity index (χ0v) is 10.5. The summed E-state index contributed by atoms with van der Waals surface area (Å²) in [7, 11) is 0. The molecule has 1 saturated heterocycles. The third kappa shape index (κ3) is 2.26. The molecule has 2 amide bonds. The first kappa shape index (κ1) is 12.7. The number of carbonyl (C=O) groups is 2. The first-order valence-corrected chi connectivity index (χ1v) is 6.01. The van der Waals surface area contributed by atoms with Crippen molar-refractivity contribution in [3.8, 4) is 0 Å². The molecule has 5 nitrogen and oxygen atoms in total. The maximum Gasteiger partial charge on any atom is 0.256 e. The van der Waals surface area contributed by atoms with Crippen molar-refractivity contribution in [2.75, 3.05) is 18.8 Å². The van der Waals surface area contributed by atoms with Crippen LogP contribution in [0.15, 0.2) is 18.2 Å². The van der Waals surface area contributed by atoms with Gasteiger partial charge in [0.1, 0.15) is 0 Å². The smallest absolute Gasteiger partial charge is 0.256 e. The first-order valence-electron chi connectivity index (χ1n) is 5.63. The lowest BCUT2D eigenvalue weighted by molar-refractivity contribution is -0.121. The molecule has 2 rings (SSSR count). The number of hydrogen-bond donors (Lipinski definition) is 2. The van der Waals surface area contributed by atoms with Crippen molar-refractivity contribution in [3.05, 3.63) is 28.8 Å². The van der Waals surface area contributed by atoms with Crippen molar-refractivity contribution in [2.24, 2.45) is 11.7 Å². The fourth-order valence-corrected chi connectivity index (χ4v) is 2.25. The van der Waals surface area contributed by atoms with Crippen LogP contribution in [0.4, 0.5) is 5.69 Å². The average molecular weight is 268 g/mol. The van der Waals surface area contributed by atoms with Gasteiger partial charge in [-0.25, -0.2) is 0 Å². The quantitative estimate of drug-likeness (QED) is 0.779. The molecule has 1 aromatic carbocycles. The minimum Gasteiger partial charge on any atom is -0.397 e. The Kier molecular flexibility index (Phi) is 3.43. The van der Waals surface area contributed by atoms with Gasteiger partial charge >= 0.3 is 0 Å². The van der Waals surface area contributed by atoms with Gasteiger partial charge in [-0.1, -0.05) is 17.7 Å². The van der Waals surface area contributed by atoms with Crippen LogP contribution in [0.25, 0.3) is 0 Å². The van der Waals surface area contributed by atoms with E-state index in [2.05, 4.69) is 0 Å². The van der Waals surface area contributed by atoms with Gasteiger partial charge in [0.05, 0.1) is 22.2 Å². The minimum atomic E-state index is -0.371. The van der Waals surface area contributed by atoms with Gasteiger partial charge in [0.15, 0.2) is 0 Å². The molecule has 4 N–H and O–H groups in total. The molecule has 0 radical (unpaired) electrons. The van der Waals surface area contributed by atoms with E-state index in [9.17, 15) is 9.59 Å². The number of benzene rings is 1. The maximum atomic E-state index is 12.2. The summed E-state index contributed by atoms with van der Waals surface area (Å²) in [4.78, 5) is 24.9. The second-order valence-corrected chi connectivity index (χ2v) is 4.75. The number of amides is 2. The van der Waals surface area contributed by atoms with Gasteiger partial charge in [0.2, 0.25) is 5.91 Å². The van der Waals surface area contributed by atoms with Crippen LogP contribution in [-0.4, -0.2) is 29.8 Å². The predicted molar refractivity (Wildman–Crippen MR) is 69.1 cm³/mol. The SMILES string of the molecule is NC(=O)C1CCN(C(=O)c2cccc(Cl)c2N)C1. The summed E-state index contributed by atoms with van der Waals surface area (Å²) in [5, 5.41) is 0.353. The number of para-hydroxylation sites is 1. The van der Waals surface area contributed by atoms with Crippen molar-refractivity contribution in [2.45, 2.75) is 6.42 Å². The summed E-state index contributed by atoms with van der Waals surface area (Å²) >= 11 is 5.87. The lowest BCUT2D eigenvalue weighted by Gasteiger charge is -2.17. The van der Waals surface area contributed by atoms with E-state index < -0.39 is 0 Å². The molecule has 0 spiro atoms. The lowest BCUT2D eigenvalue weighted by atomic mass is 10.1. The normalized spacial score (nSPS) is 18.9. The van der Waals surface area contributed by atoms with E-state index in [1.54, 1.807) is 23.1 Å². The number of carbonyl (C=O) groups excluding carboxylic acids is 2. The van der Waals surface area contributed by atoms with Gasteiger partial charge in [0.25, 0.3) is 5.91 Å². The van der Waals surface area contributed by atoms with Crippen LogP contribution < -0.4 is 11.5 Å². The number of likely N-dealkylation sites (tertiary alicyclic amines) is 1. The number of primary amides is 1. The van der Waals surface area contributed by atoms with Crippen molar-refractivity contribution < 1.29 is 9.59 Å². The molecule has 1 heterocycles. The number of halogens is 1. The number of nitrogens with two attached hydrogens (primary N) is 2. The standard InChI is InChI=1S/C12H14ClN3O2/c13-9-3-1-2-8(10(9)14)12(18)16-5-4-7(6-16)11(15)17/h1-3,7H,4-6,14H2,(H2,15,17). The average Bonchev–Trinajstić information content (AvgIpc) is 2.81. The molecule has 1 atom stereocenters. The highest BCUT2D eigenvalue weighted by molar-refractivity contribution is 6.33. The molecule has 0 saturated carbocycles. The largest absolute Gasteiger partial charge is 0.397 e. The summed E-state index contributed by atoms with van der Waals surface area (Å²) in [6, 6.07) is 4.93. The number of rotatable bonds is 2. The van der Waals surface area contributed by atoms with Crippen molar-refractivity contribution in [1.82, 2.24) is 4.90 Å². The second-order valence-electron chi connectivity index (χ2n) is 4.34. The van der Waals surface area contributed by atoms with Crippen LogP contribution in [-0.2, 0) is 4.79 Å². The van der Waals surface area contributed by atoms with E-state index in [1.165, 1.54) is 0 Å². The van der Waals surface area contributed by atoms with Crippen molar-refractivity contribution >= 4 is 29.1 Å². The summed E-state index contributed by atoms with van der Waals surface area (Å²) in [5.41, 5.74) is 11.6. The lowest BCUT2D eigenvalue weighted by Crippen LogP contribution is -2.32. The number of anilines is 1. The summed E-state index contributed by atoms with van der Waals surface area (Å²) < 4.78 is 0. The van der Waals surface area contributed by atoms with Crippen LogP contribution in [0.2, 0.25) is 5.02 Å². The number of hydrogen-bond acceptors (Lipinski definition) is 3. The second kappa shape index (κ2) is 4.86. The van der Waals surface area contributed by atoms with Crippen LogP contribution >= 0.6 is 11.6 Å². The molecule has 0 aromatic heterocycles. The Balaban J connectivity index is 2.18. The Bertz CT molecular complexity index is 504. The highest BCUT2D eigenvalue weighted by Gasteiger charge is 2.30. The van der Waals surface area contributed by atoms with E-state index in [-0.39, 0.29) is 23.4 Å². The predicted octanol–water partition coefficient (Wildman–Crippen LogP) is 0.870. The summed E-state index contributed by atoms with van der Waals surface area (Å²) in [5.74, 6) is -0.850. The van der Waals surface area contributed by atoms with E-state index >= 15 is 0 Å². The van der Waals surface area contributed by atoms with Crippen LogP contribution in [0, 0.1) is 5.92 Å². The van der Waals surface area contributed by atoms with Crippen LogP contribution in [0.3, 0.4) is 0 Å². The van der Waals surface area contributed by atoms with Gasteiger partial charge in [-0.3, -0.25) is 9.59 Å². The molecule has 18 heavy (non-hydrogen) atoms. The number of nitrogens with zero attached hydrogens (tertiary/aromatic N) is 1. The molecule has 0 aliphatic carbocycles. The van der Waals surface area contributed by atoms with Gasteiger partial charge in [-0.15, -0.1) is 0 Å². The highest BCUT2D eigenvalue weighted by atomic mass is 35.5. The molecule has 1 unspecified atom stereocenters. The topological polar surface area (TPSA) is 89.4 Å². The third-order valence-corrected chi connectivity index (χ3v) is 3.49. The van der Waals surface area contributed by atoms with E-state index in [1.807, 2.05) is 0 Å². The summed E-state index contributed by atoms with van der Waals surface area (Å²) in [6.07, 6.45) is 0.599. The van der Waals surface area contributed by atoms with Crippen LogP contribution in [0.1, 0.15) is 16.8 Å². The molecule has 1 aliphatic heterocycles. The Labute approximate surface area is 110 Å².